The number of rotatable bonds is 15. The highest BCUT2D eigenvalue weighted by Crippen LogP contribution is 2.42. The molecule has 0 radical (unpaired) electrons. The Morgan fingerprint density at radius 1 is 0.754 bits per heavy atom. The summed E-state index contributed by atoms with van der Waals surface area (Å²) in [6.07, 6.45) is 5.45. The molecule has 8 rings (SSSR count). The number of esters is 1. The van der Waals surface area contributed by atoms with Crippen LogP contribution in [0.4, 0.5) is 27.5 Å². The molecule has 0 spiro atoms. The van der Waals surface area contributed by atoms with E-state index in [4.69, 9.17) is 23.7 Å². The van der Waals surface area contributed by atoms with Crippen molar-refractivity contribution in [1.82, 2.24) is 14.0 Å². The third kappa shape index (κ3) is 10.7. The first-order valence-corrected chi connectivity index (χ1v) is 22.8. The lowest BCUT2D eigenvalue weighted by Gasteiger charge is -2.42. The molecule has 2 saturated heterocycles. The SMILES string of the molecule is COC(=O)c1ccc(NC(=O)c2cc(-c3ccc(NC(=O)c4cc(NC(=O)CCCOc5cc6c(cc5OC)C(=O)N5CCCC[C@H]5[C@H](OC5CCCCO5)N6C(=O)O)cn4C)cc3)cn2C)cc1. The third-order valence-corrected chi connectivity index (χ3v) is 12.4. The van der Waals surface area contributed by atoms with Crippen molar-refractivity contribution in [2.75, 3.05) is 54.8 Å². The zero-order chi connectivity index (χ0) is 48.8. The first-order valence-electron chi connectivity index (χ1n) is 22.8. The fourth-order valence-electron chi connectivity index (χ4n) is 8.89. The molecule has 2 fully saturated rings. The van der Waals surface area contributed by atoms with Crippen molar-refractivity contribution < 1.29 is 57.6 Å². The summed E-state index contributed by atoms with van der Waals surface area (Å²) in [5.41, 5.74) is 4.43. The standard InChI is InChI=1S/C50H55N7O12/c1-54-28-32(24-39(54)45(59)52-34-19-15-31(16-20-34)49(62)66-4)30-13-17-33(18-14-30)53-46(60)40-25-35(29-55(40)2)51-43(58)11-9-23-67-42-27-38-36(26-41(42)65-3)47(61)56-21-7-5-10-37(56)48(57(38)50(63)64)69-44-12-6-8-22-68-44/h13-20,24-29,37,44,48H,5-12,21-23H2,1-4H3,(H,51,58)(H,52,59)(H,53,60)(H,63,64)/t37-,44?,48-/m0/s1. The number of benzene rings is 3. The number of carbonyl (C=O) groups excluding carboxylic acids is 5. The minimum atomic E-state index is -1.28. The van der Waals surface area contributed by atoms with Crippen LogP contribution in [0, 0.1) is 0 Å². The second-order valence-electron chi connectivity index (χ2n) is 17.1. The second kappa shape index (κ2) is 21.1. The number of carbonyl (C=O) groups is 6. The van der Waals surface area contributed by atoms with Gasteiger partial charge >= 0.3 is 12.1 Å². The quantitative estimate of drug-likeness (QED) is 0.0593. The summed E-state index contributed by atoms with van der Waals surface area (Å²) in [6, 6.07) is 19.3. The maximum absolute atomic E-state index is 14.1. The zero-order valence-corrected chi connectivity index (χ0v) is 38.8. The van der Waals surface area contributed by atoms with E-state index in [0.717, 1.165) is 41.7 Å². The van der Waals surface area contributed by atoms with Gasteiger partial charge in [0.05, 0.1) is 49.4 Å². The number of aromatic nitrogens is 2. The van der Waals surface area contributed by atoms with Crippen LogP contribution in [0.1, 0.15) is 93.1 Å². The molecule has 0 saturated carbocycles. The van der Waals surface area contributed by atoms with Crippen LogP contribution < -0.4 is 30.3 Å². The van der Waals surface area contributed by atoms with Gasteiger partial charge in [0.25, 0.3) is 17.7 Å². The van der Waals surface area contributed by atoms with Crippen molar-refractivity contribution in [3.8, 4) is 22.6 Å². The first-order chi connectivity index (χ1) is 33.3. The number of nitrogens with zero attached hydrogens (tertiary/aromatic N) is 4. The minimum absolute atomic E-state index is 0.0591. The van der Waals surface area contributed by atoms with E-state index in [2.05, 4.69) is 16.0 Å². The summed E-state index contributed by atoms with van der Waals surface area (Å²) in [7, 11) is 6.19. The molecule has 3 aliphatic rings. The summed E-state index contributed by atoms with van der Waals surface area (Å²) in [5.74, 6) is -1.39. The van der Waals surface area contributed by atoms with Gasteiger partial charge in [-0.05, 0) is 105 Å². The molecule has 19 nitrogen and oxygen atoms in total. The number of ether oxygens (including phenoxy) is 5. The first kappa shape index (κ1) is 47.8. The lowest BCUT2D eigenvalue weighted by atomic mass is 10.00. The van der Waals surface area contributed by atoms with Crippen LogP contribution >= 0.6 is 0 Å². The average Bonchev–Trinajstić information content (AvgIpc) is 3.91. The Hall–Kier alpha value is -7.64. The molecule has 1 unspecified atom stereocenters. The van der Waals surface area contributed by atoms with Crippen LogP contribution in [0.3, 0.4) is 0 Å². The van der Waals surface area contributed by atoms with Crippen LogP contribution in [-0.4, -0.2) is 107 Å². The molecule has 5 amide bonds. The number of amides is 5. The molecule has 3 atom stereocenters. The van der Waals surface area contributed by atoms with Crippen LogP contribution in [0.25, 0.3) is 11.1 Å². The summed E-state index contributed by atoms with van der Waals surface area (Å²) < 4.78 is 32.0. The van der Waals surface area contributed by atoms with E-state index in [9.17, 15) is 33.9 Å². The predicted molar refractivity (Wildman–Crippen MR) is 254 cm³/mol. The van der Waals surface area contributed by atoms with Crippen molar-refractivity contribution in [2.45, 2.75) is 69.9 Å². The maximum atomic E-state index is 14.1. The summed E-state index contributed by atoms with van der Waals surface area (Å²) in [4.78, 5) is 81.2. The molecule has 0 bridgehead atoms. The highest BCUT2D eigenvalue weighted by atomic mass is 16.7. The molecule has 3 aromatic carbocycles. The van der Waals surface area contributed by atoms with Crippen LogP contribution in [-0.2, 0) is 33.1 Å². The number of carboxylic acid groups (broad SMARTS) is 1. The van der Waals surface area contributed by atoms with E-state index >= 15 is 0 Å². The molecule has 19 heteroatoms. The number of anilines is 4. The number of piperidine rings is 1. The summed E-state index contributed by atoms with van der Waals surface area (Å²) in [5, 5.41) is 19.2. The number of aryl methyl sites for hydroxylation is 2. The van der Waals surface area contributed by atoms with Gasteiger partial charge in [0.1, 0.15) is 11.4 Å². The van der Waals surface area contributed by atoms with E-state index in [1.807, 2.05) is 18.3 Å². The topological polar surface area (TPSA) is 221 Å². The fraction of sp³-hybridized carbons (Fsp3) is 0.360. The highest BCUT2D eigenvalue weighted by Gasteiger charge is 2.46. The number of fused-ring (bicyclic) bond motifs is 2. The Bertz CT molecular complexity index is 2720. The van der Waals surface area contributed by atoms with E-state index in [0.29, 0.717) is 60.0 Å². The lowest BCUT2D eigenvalue weighted by Crippen LogP contribution is -2.57. The monoisotopic (exact) mass is 945 g/mol. The van der Waals surface area contributed by atoms with Crippen molar-refractivity contribution in [2.24, 2.45) is 14.1 Å². The van der Waals surface area contributed by atoms with E-state index in [1.54, 1.807) is 82.9 Å². The molecular formula is C50H55N7O12. The number of hydrogen-bond acceptors (Lipinski definition) is 11. The Kier molecular flexibility index (Phi) is 14.6. The molecule has 0 aliphatic carbocycles. The fourth-order valence-corrected chi connectivity index (χ4v) is 8.89. The van der Waals surface area contributed by atoms with Gasteiger partial charge in [-0.3, -0.25) is 19.2 Å². The molecule has 362 valence electrons. The van der Waals surface area contributed by atoms with Gasteiger partial charge in [-0.15, -0.1) is 0 Å². The third-order valence-electron chi connectivity index (χ3n) is 12.4. The Morgan fingerprint density at radius 3 is 2.10 bits per heavy atom. The largest absolute Gasteiger partial charge is 0.493 e. The van der Waals surface area contributed by atoms with E-state index in [-0.39, 0.29) is 59.9 Å². The molecular weight excluding hydrogens is 891 g/mol. The van der Waals surface area contributed by atoms with Gasteiger partial charge in [0, 0.05) is 69.1 Å². The predicted octanol–water partition coefficient (Wildman–Crippen LogP) is 7.49. The molecule has 3 aliphatic heterocycles. The average molecular weight is 946 g/mol. The smallest absolute Gasteiger partial charge is 0.414 e. The van der Waals surface area contributed by atoms with Gasteiger partial charge in [-0.25, -0.2) is 14.5 Å². The normalized spacial score (nSPS) is 17.7. The van der Waals surface area contributed by atoms with Crippen LogP contribution in [0.15, 0.2) is 85.2 Å². The molecule has 5 aromatic rings. The Labute approximate surface area is 398 Å². The summed E-state index contributed by atoms with van der Waals surface area (Å²) >= 11 is 0. The van der Waals surface area contributed by atoms with Gasteiger partial charge < -0.3 is 58.8 Å². The molecule has 2 aromatic heterocycles. The Balaban J connectivity index is 0.854. The molecule has 69 heavy (non-hydrogen) atoms. The van der Waals surface area contributed by atoms with E-state index < -0.39 is 36.5 Å². The number of methoxy groups -OCH3 is 2. The van der Waals surface area contributed by atoms with Crippen molar-refractivity contribution in [3.63, 3.8) is 0 Å². The van der Waals surface area contributed by atoms with Crippen LogP contribution in [0.5, 0.6) is 11.5 Å². The van der Waals surface area contributed by atoms with Crippen molar-refractivity contribution in [1.29, 1.82) is 0 Å². The maximum Gasteiger partial charge on any atom is 0.414 e. The van der Waals surface area contributed by atoms with Gasteiger partial charge in [0.15, 0.2) is 24.0 Å². The van der Waals surface area contributed by atoms with Crippen molar-refractivity contribution in [3.05, 3.63) is 108 Å². The van der Waals surface area contributed by atoms with E-state index in [1.165, 1.54) is 26.4 Å². The van der Waals surface area contributed by atoms with Crippen molar-refractivity contribution >= 4 is 58.4 Å². The highest BCUT2D eigenvalue weighted by molar-refractivity contribution is 6.07. The molecule has 4 N–H and O–H groups in total. The zero-order valence-electron chi connectivity index (χ0n) is 38.8. The lowest BCUT2D eigenvalue weighted by molar-refractivity contribution is -0.198. The summed E-state index contributed by atoms with van der Waals surface area (Å²) in [6.45, 7) is 1.03. The number of nitrogens with one attached hydrogen (secondary N) is 3. The second-order valence-corrected chi connectivity index (χ2v) is 17.1. The van der Waals surface area contributed by atoms with Crippen LogP contribution in [0.2, 0.25) is 0 Å². The number of hydrogen-bond donors (Lipinski definition) is 4. The van der Waals surface area contributed by atoms with Gasteiger partial charge in [-0.2, -0.15) is 0 Å². The minimum Gasteiger partial charge on any atom is -0.493 e. The van der Waals surface area contributed by atoms with Gasteiger partial charge in [0.2, 0.25) is 5.91 Å². The van der Waals surface area contributed by atoms with Gasteiger partial charge in [-0.1, -0.05) is 12.1 Å². The molecule has 5 heterocycles. The Morgan fingerprint density at radius 2 is 1.43 bits per heavy atom.